The second-order valence-electron chi connectivity index (χ2n) is 10.1. The van der Waals surface area contributed by atoms with Gasteiger partial charge in [0.25, 0.3) is 10.1 Å². The van der Waals surface area contributed by atoms with Gasteiger partial charge in [0.15, 0.2) is 5.71 Å². The van der Waals surface area contributed by atoms with Crippen LogP contribution in [0, 0.1) is 0 Å². The van der Waals surface area contributed by atoms with E-state index in [9.17, 15) is 13.0 Å². The largest absolute Gasteiger partial charge is 0.294 e. The van der Waals surface area contributed by atoms with Crippen molar-refractivity contribution in [1.29, 1.82) is 0 Å². The zero-order chi connectivity index (χ0) is 23.6. The van der Waals surface area contributed by atoms with Gasteiger partial charge in [0.1, 0.15) is 6.54 Å². The highest BCUT2D eigenvalue weighted by molar-refractivity contribution is 7.85. The van der Waals surface area contributed by atoms with Crippen molar-refractivity contribution in [2.24, 2.45) is 0 Å². The summed E-state index contributed by atoms with van der Waals surface area (Å²) in [6.45, 7) is 9.62. The SMILES string of the molecule is CCCCCCCCCCCCCCCC[N+]1=C(C)C(C)(C)c2cc(S(=O)(=O)O)ccc21. The number of unbranched alkanes of at least 4 members (excludes halogenated alkanes) is 13. The molecule has 0 bridgehead atoms. The lowest BCUT2D eigenvalue weighted by molar-refractivity contribution is -0.439. The van der Waals surface area contributed by atoms with Gasteiger partial charge in [-0.1, -0.05) is 84.0 Å². The second-order valence-corrected chi connectivity index (χ2v) is 11.5. The molecule has 1 N–H and O–H groups in total. The minimum absolute atomic E-state index is 0.0181. The van der Waals surface area contributed by atoms with E-state index in [1.165, 1.54) is 95.2 Å². The molecule has 0 aliphatic carbocycles. The van der Waals surface area contributed by atoms with Gasteiger partial charge in [-0.3, -0.25) is 4.55 Å². The lowest BCUT2D eigenvalue weighted by Gasteiger charge is -2.15. The van der Waals surface area contributed by atoms with Crippen LogP contribution in [0.15, 0.2) is 23.1 Å². The maximum Gasteiger partial charge on any atom is 0.294 e. The summed E-state index contributed by atoms with van der Waals surface area (Å²) < 4.78 is 34.9. The Morgan fingerprint density at radius 2 is 1.28 bits per heavy atom. The normalized spacial score (nSPS) is 15.4. The third-order valence-electron chi connectivity index (χ3n) is 7.27. The summed E-state index contributed by atoms with van der Waals surface area (Å²) in [6.07, 6.45) is 19.0. The fraction of sp³-hybridized carbons (Fsp3) is 0.741. The van der Waals surface area contributed by atoms with Crippen molar-refractivity contribution >= 4 is 21.5 Å². The molecule has 0 amide bonds. The molecule has 5 heteroatoms. The quantitative estimate of drug-likeness (QED) is 0.154. The van der Waals surface area contributed by atoms with Crippen LogP contribution in [0.1, 0.15) is 123 Å². The Hall–Kier alpha value is -1.20. The molecule has 0 radical (unpaired) electrons. The number of nitrogens with zero attached hydrogens (tertiary/aromatic N) is 1. The number of hydrogen-bond donors (Lipinski definition) is 1. The van der Waals surface area contributed by atoms with Crippen molar-refractivity contribution in [2.75, 3.05) is 6.54 Å². The van der Waals surface area contributed by atoms with Crippen LogP contribution in [0.4, 0.5) is 5.69 Å². The topological polar surface area (TPSA) is 57.4 Å². The standard InChI is InChI=1S/C27H45NO3S/c1-5-6-7-8-9-10-11-12-13-14-15-16-17-18-21-28-23(2)27(3,4)25-22-24(32(29,30)31)19-20-26(25)28/h19-20,22H,5-18,21H2,1-4H3/p+1. The zero-order valence-electron chi connectivity index (χ0n) is 21.0. The molecule has 0 spiro atoms. The summed E-state index contributed by atoms with van der Waals surface area (Å²) in [5.74, 6) is 0. The summed E-state index contributed by atoms with van der Waals surface area (Å²) in [4.78, 5) is -0.0181. The number of hydrogen-bond acceptors (Lipinski definition) is 2. The highest BCUT2D eigenvalue weighted by Gasteiger charge is 2.43. The molecular weight excluding hydrogens is 418 g/mol. The summed E-state index contributed by atoms with van der Waals surface area (Å²) in [5, 5.41) is 0. The van der Waals surface area contributed by atoms with E-state index in [0.717, 1.165) is 24.2 Å². The molecule has 1 heterocycles. The van der Waals surface area contributed by atoms with Crippen LogP contribution in [0.3, 0.4) is 0 Å². The molecule has 1 aromatic rings. The van der Waals surface area contributed by atoms with Gasteiger partial charge < -0.3 is 0 Å². The minimum atomic E-state index is -4.18. The highest BCUT2D eigenvalue weighted by atomic mass is 32.2. The molecule has 4 nitrogen and oxygen atoms in total. The van der Waals surface area contributed by atoms with Gasteiger partial charge in [0.05, 0.1) is 10.3 Å². The van der Waals surface area contributed by atoms with Crippen LogP contribution in [0.5, 0.6) is 0 Å². The number of fused-ring (bicyclic) bond motifs is 1. The maximum atomic E-state index is 11.6. The van der Waals surface area contributed by atoms with E-state index in [4.69, 9.17) is 0 Å². The fourth-order valence-corrected chi connectivity index (χ4v) is 5.38. The van der Waals surface area contributed by atoms with Crippen LogP contribution in [0.25, 0.3) is 0 Å². The van der Waals surface area contributed by atoms with Gasteiger partial charge in [-0.25, -0.2) is 0 Å². The van der Waals surface area contributed by atoms with E-state index >= 15 is 0 Å². The minimum Gasteiger partial charge on any atom is -0.282 e. The predicted molar refractivity (Wildman–Crippen MR) is 135 cm³/mol. The monoisotopic (exact) mass is 464 g/mol. The first-order valence-electron chi connectivity index (χ1n) is 12.9. The zero-order valence-corrected chi connectivity index (χ0v) is 21.8. The van der Waals surface area contributed by atoms with Crippen molar-refractivity contribution in [2.45, 2.75) is 128 Å². The first-order chi connectivity index (χ1) is 15.2. The Balaban J connectivity index is 1.66. The average molecular weight is 465 g/mol. The van der Waals surface area contributed by atoms with Crippen LogP contribution in [0.2, 0.25) is 0 Å². The smallest absolute Gasteiger partial charge is 0.282 e. The molecule has 0 saturated heterocycles. The van der Waals surface area contributed by atoms with Gasteiger partial charge in [-0.05, 0) is 32.4 Å². The molecule has 0 fully saturated rings. The van der Waals surface area contributed by atoms with E-state index in [1.807, 2.05) is 6.07 Å². The average Bonchev–Trinajstić information content (AvgIpc) is 2.93. The molecule has 0 atom stereocenters. The van der Waals surface area contributed by atoms with Gasteiger partial charge in [0.2, 0.25) is 5.69 Å². The Morgan fingerprint density at radius 1 is 0.812 bits per heavy atom. The Morgan fingerprint density at radius 3 is 1.75 bits per heavy atom. The number of benzene rings is 1. The summed E-state index contributed by atoms with van der Waals surface area (Å²) in [5.41, 5.74) is 3.08. The lowest BCUT2D eigenvalue weighted by Crippen LogP contribution is -2.26. The third-order valence-corrected chi connectivity index (χ3v) is 8.12. The first-order valence-corrected chi connectivity index (χ1v) is 14.4. The van der Waals surface area contributed by atoms with Gasteiger partial charge in [0, 0.05) is 25.0 Å². The number of rotatable bonds is 16. The van der Waals surface area contributed by atoms with E-state index < -0.39 is 10.1 Å². The van der Waals surface area contributed by atoms with E-state index in [-0.39, 0.29) is 10.3 Å². The van der Waals surface area contributed by atoms with Gasteiger partial charge >= 0.3 is 0 Å². The molecule has 0 unspecified atom stereocenters. The van der Waals surface area contributed by atoms with Gasteiger partial charge in [-0.2, -0.15) is 13.0 Å². The predicted octanol–water partition coefficient (Wildman–Crippen LogP) is 7.81. The van der Waals surface area contributed by atoms with E-state index in [0.29, 0.717) is 0 Å². The molecule has 0 saturated carbocycles. The van der Waals surface area contributed by atoms with Crippen molar-refractivity contribution in [3.8, 4) is 0 Å². The Kier molecular flexibility index (Phi) is 10.9. The Bertz CT molecular complexity index is 856. The molecule has 1 aromatic carbocycles. The van der Waals surface area contributed by atoms with Crippen molar-refractivity contribution in [3.63, 3.8) is 0 Å². The van der Waals surface area contributed by atoms with Crippen LogP contribution >= 0.6 is 0 Å². The molecule has 32 heavy (non-hydrogen) atoms. The van der Waals surface area contributed by atoms with Gasteiger partial charge in [-0.15, -0.1) is 0 Å². The van der Waals surface area contributed by atoms with E-state index in [1.54, 1.807) is 6.07 Å². The van der Waals surface area contributed by atoms with Crippen LogP contribution in [-0.2, 0) is 15.5 Å². The maximum absolute atomic E-state index is 11.6. The highest BCUT2D eigenvalue weighted by Crippen LogP contribution is 2.40. The van der Waals surface area contributed by atoms with Crippen LogP contribution in [-0.4, -0.2) is 29.8 Å². The van der Waals surface area contributed by atoms with Crippen molar-refractivity contribution in [3.05, 3.63) is 23.8 Å². The summed E-state index contributed by atoms with van der Waals surface area (Å²) >= 11 is 0. The summed E-state index contributed by atoms with van der Waals surface area (Å²) in [7, 11) is -4.18. The Labute approximate surface area is 197 Å². The molecule has 1 aliphatic heterocycles. The molecule has 182 valence electrons. The summed E-state index contributed by atoms with van der Waals surface area (Å²) in [6, 6.07) is 5.00. The van der Waals surface area contributed by atoms with Crippen molar-refractivity contribution in [1.82, 2.24) is 0 Å². The first kappa shape index (κ1) is 27.0. The molecule has 0 aromatic heterocycles. The lowest BCUT2D eigenvalue weighted by atomic mass is 9.82. The third kappa shape index (κ3) is 7.69. The fourth-order valence-electron chi connectivity index (χ4n) is 4.88. The van der Waals surface area contributed by atoms with E-state index in [2.05, 4.69) is 32.3 Å². The second kappa shape index (κ2) is 12.9. The van der Waals surface area contributed by atoms with Crippen LogP contribution < -0.4 is 0 Å². The van der Waals surface area contributed by atoms with Crippen molar-refractivity contribution < 1.29 is 17.5 Å². The molecule has 1 aliphatic rings. The molecule has 2 rings (SSSR count). The molecular formula is C27H46NO3S+.